The Kier molecular flexibility index (Phi) is 4.92. The number of hydrogen-bond donors (Lipinski definition) is 0. The molecule has 8 heteroatoms. The van der Waals surface area contributed by atoms with Crippen LogP contribution in [-0.4, -0.2) is 21.0 Å². The summed E-state index contributed by atoms with van der Waals surface area (Å²) in [6.07, 6.45) is 3.27. The topological polar surface area (TPSA) is 43.2 Å². The van der Waals surface area contributed by atoms with Crippen LogP contribution >= 0.6 is 46.6 Å². The van der Waals surface area contributed by atoms with Crippen LogP contribution in [0.5, 0.6) is 0 Å². The number of ether oxygens (including phenoxy) is 1. The molecule has 1 aliphatic rings. The molecule has 4 nitrogen and oxygen atoms in total. The minimum atomic E-state index is -0.583. The van der Waals surface area contributed by atoms with E-state index in [2.05, 4.69) is 10.1 Å². The van der Waals surface area contributed by atoms with Gasteiger partial charge in [-0.25, -0.2) is 9.67 Å². The van der Waals surface area contributed by atoms with Gasteiger partial charge in [-0.1, -0.05) is 76.9 Å². The summed E-state index contributed by atoms with van der Waals surface area (Å²) in [7, 11) is 0. The third kappa shape index (κ3) is 3.12. The number of aromatic nitrogens is 3. The third-order valence-electron chi connectivity index (χ3n) is 4.43. The molecule has 3 aromatic rings. The van der Waals surface area contributed by atoms with Crippen molar-refractivity contribution in [3.8, 4) is 0 Å². The van der Waals surface area contributed by atoms with Crippen LogP contribution in [0.3, 0.4) is 0 Å². The maximum absolute atomic E-state index is 6.43. The molecule has 1 fully saturated rings. The van der Waals surface area contributed by atoms with Gasteiger partial charge in [0.25, 0.3) is 0 Å². The van der Waals surface area contributed by atoms with Crippen molar-refractivity contribution >= 4 is 46.6 Å². The summed E-state index contributed by atoms with van der Waals surface area (Å²) in [5, 5.41) is 6.58. The number of thioether (sulfide) groups is 1. The SMILES string of the molecule is CSc1ncnn1CC1(c2ccccc2)OC1c1cc(Cl)c(Cl)cc1Cl. The largest absolute Gasteiger partial charge is 0.354 e. The van der Waals surface area contributed by atoms with Crippen molar-refractivity contribution in [2.75, 3.05) is 6.26 Å². The van der Waals surface area contributed by atoms with Crippen molar-refractivity contribution in [1.29, 1.82) is 0 Å². The Labute approximate surface area is 170 Å². The van der Waals surface area contributed by atoms with Gasteiger partial charge in [0.05, 0.1) is 16.6 Å². The van der Waals surface area contributed by atoms with Gasteiger partial charge < -0.3 is 4.74 Å². The number of hydrogen-bond acceptors (Lipinski definition) is 4. The molecule has 1 saturated heterocycles. The summed E-state index contributed by atoms with van der Waals surface area (Å²) in [6, 6.07) is 13.5. The molecule has 0 bridgehead atoms. The van der Waals surface area contributed by atoms with Crippen LogP contribution in [0.1, 0.15) is 17.2 Å². The molecule has 134 valence electrons. The summed E-state index contributed by atoms with van der Waals surface area (Å²) >= 11 is 20.3. The fourth-order valence-corrected chi connectivity index (χ4v) is 4.25. The zero-order valence-electron chi connectivity index (χ0n) is 13.7. The Bertz CT molecular complexity index is 950. The van der Waals surface area contributed by atoms with Crippen molar-refractivity contribution in [1.82, 2.24) is 14.8 Å². The summed E-state index contributed by atoms with van der Waals surface area (Å²) in [4.78, 5) is 4.28. The van der Waals surface area contributed by atoms with Crippen LogP contribution in [0.15, 0.2) is 53.9 Å². The summed E-state index contributed by atoms with van der Waals surface area (Å²) < 4.78 is 8.09. The molecular formula is C18H14Cl3N3OS. The lowest BCUT2D eigenvalue weighted by atomic mass is 9.91. The first-order valence-corrected chi connectivity index (χ1v) is 10.2. The molecular weight excluding hydrogens is 413 g/mol. The molecule has 0 amide bonds. The van der Waals surface area contributed by atoms with E-state index in [9.17, 15) is 0 Å². The molecule has 0 aliphatic carbocycles. The van der Waals surface area contributed by atoms with Crippen LogP contribution in [0.2, 0.25) is 15.1 Å². The predicted octanol–water partition coefficient (Wildman–Crippen LogP) is 5.63. The first-order chi connectivity index (χ1) is 12.5. The molecule has 2 heterocycles. The predicted molar refractivity (Wildman–Crippen MR) is 105 cm³/mol. The Morgan fingerprint density at radius 3 is 2.58 bits per heavy atom. The highest BCUT2D eigenvalue weighted by Crippen LogP contribution is 2.59. The van der Waals surface area contributed by atoms with Crippen molar-refractivity contribution in [2.45, 2.75) is 23.4 Å². The van der Waals surface area contributed by atoms with E-state index in [1.165, 1.54) is 11.8 Å². The van der Waals surface area contributed by atoms with E-state index >= 15 is 0 Å². The zero-order chi connectivity index (χ0) is 18.3. The van der Waals surface area contributed by atoms with Crippen LogP contribution in [0.4, 0.5) is 0 Å². The minimum absolute atomic E-state index is 0.244. The normalized spacial score (nSPS) is 21.8. The second-order valence-corrected chi connectivity index (χ2v) is 7.94. The Hall–Kier alpha value is -1.24. The highest BCUT2D eigenvalue weighted by Gasteiger charge is 2.59. The smallest absolute Gasteiger partial charge is 0.185 e. The van der Waals surface area contributed by atoms with E-state index in [-0.39, 0.29) is 6.10 Å². The zero-order valence-corrected chi connectivity index (χ0v) is 16.8. The summed E-state index contributed by atoms with van der Waals surface area (Å²) in [5.41, 5.74) is 1.28. The molecule has 2 aromatic carbocycles. The van der Waals surface area contributed by atoms with E-state index in [1.54, 1.807) is 18.5 Å². The molecule has 1 aromatic heterocycles. The second kappa shape index (κ2) is 7.06. The summed E-state index contributed by atoms with van der Waals surface area (Å²) in [6.45, 7) is 0.522. The number of halogens is 3. The molecule has 2 atom stereocenters. The number of epoxide rings is 1. The van der Waals surface area contributed by atoms with Gasteiger partial charge in [-0.05, 0) is 24.0 Å². The molecule has 1 aliphatic heterocycles. The van der Waals surface area contributed by atoms with Gasteiger partial charge in [0.1, 0.15) is 18.0 Å². The van der Waals surface area contributed by atoms with Gasteiger partial charge >= 0.3 is 0 Å². The number of rotatable bonds is 5. The van der Waals surface area contributed by atoms with Gasteiger partial charge in [0.15, 0.2) is 5.16 Å². The van der Waals surface area contributed by atoms with Crippen molar-refractivity contribution in [2.24, 2.45) is 0 Å². The van der Waals surface area contributed by atoms with Crippen molar-refractivity contribution in [3.63, 3.8) is 0 Å². The minimum Gasteiger partial charge on any atom is -0.354 e. The monoisotopic (exact) mass is 425 g/mol. The maximum atomic E-state index is 6.43. The van der Waals surface area contributed by atoms with Crippen LogP contribution in [-0.2, 0) is 16.9 Å². The van der Waals surface area contributed by atoms with Gasteiger partial charge in [0.2, 0.25) is 0 Å². The van der Waals surface area contributed by atoms with Gasteiger partial charge in [-0.3, -0.25) is 0 Å². The van der Waals surface area contributed by atoms with Gasteiger partial charge in [0, 0.05) is 10.6 Å². The summed E-state index contributed by atoms with van der Waals surface area (Å²) in [5.74, 6) is 0. The fraction of sp³-hybridized carbons (Fsp3) is 0.222. The van der Waals surface area contributed by atoms with Gasteiger partial charge in [-0.15, -0.1) is 0 Å². The first-order valence-electron chi connectivity index (χ1n) is 7.85. The van der Waals surface area contributed by atoms with Crippen LogP contribution in [0.25, 0.3) is 0 Å². The highest BCUT2D eigenvalue weighted by atomic mass is 35.5. The standard InChI is InChI=1S/C18H14Cl3N3OS/c1-26-17-22-10-23-24(17)9-18(11-5-3-2-4-6-11)16(25-18)12-7-14(20)15(21)8-13(12)19/h2-8,10,16H,9H2,1H3. The number of benzene rings is 2. The third-order valence-corrected chi connectivity index (χ3v) is 6.16. The number of nitrogens with zero attached hydrogens (tertiary/aromatic N) is 3. The highest BCUT2D eigenvalue weighted by molar-refractivity contribution is 7.98. The average Bonchev–Trinajstić information content (AvgIpc) is 3.19. The Morgan fingerprint density at radius 1 is 1.12 bits per heavy atom. The molecule has 26 heavy (non-hydrogen) atoms. The molecule has 0 spiro atoms. The molecule has 0 saturated carbocycles. The molecule has 0 N–H and O–H groups in total. The molecule has 0 radical (unpaired) electrons. The van der Waals surface area contributed by atoms with Crippen LogP contribution in [0, 0.1) is 0 Å². The Balaban J connectivity index is 1.76. The fourth-order valence-electron chi connectivity index (χ4n) is 3.12. The van der Waals surface area contributed by atoms with E-state index in [0.717, 1.165) is 16.3 Å². The van der Waals surface area contributed by atoms with Gasteiger partial charge in [-0.2, -0.15) is 5.10 Å². The van der Waals surface area contributed by atoms with E-state index < -0.39 is 5.60 Å². The first kappa shape index (κ1) is 18.1. The molecule has 2 unspecified atom stereocenters. The van der Waals surface area contributed by atoms with Crippen molar-refractivity contribution < 1.29 is 4.74 Å². The van der Waals surface area contributed by atoms with E-state index in [0.29, 0.717) is 21.6 Å². The van der Waals surface area contributed by atoms with Crippen molar-refractivity contribution in [3.05, 3.63) is 75.0 Å². The van der Waals surface area contributed by atoms with E-state index in [4.69, 9.17) is 39.5 Å². The van der Waals surface area contributed by atoms with Crippen LogP contribution < -0.4 is 0 Å². The maximum Gasteiger partial charge on any atom is 0.185 e. The molecule has 4 rings (SSSR count). The quantitative estimate of drug-likeness (QED) is 0.301. The van der Waals surface area contributed by atoms with E-state index in [1.807, 2.05) is 41.3 Å². The second-order valence-electron chi connectivity index (χ2n) is 5.95. The lowest BCUT2D eigenvalue weighted by Gasteiger charge is -2.15. The average molecular weight is 427 g/mol. The Morgan fingerprint density at radius 2 is 1.85 bits per heavy atom. The lowest BCUT2D eigenvalue weighted by molar-refractivity contribution is 0.256. The lowest BCUT2D eigenvalue weighted by Crippen LogP contribution is -2.20.